The Balaban J connectivity index is 2.07. The minimum absolute atomic E-state index is 0.160. The lowest BCUT2D eigenvalue weighted by Gasteiger charge is -2.16. The van der Waals surface area contributed by atoms with Crippen LogP contribution in [-0.4, -0.2) is 35.2 Å². The second-order valence-corrected chi connectivity index (χ2v) is 4.22. The van der Waals surface area contributed by atoms with Crippen LogP contribution >= 0.6 is 0 Å². The fraction of sp³-hybridized carbons (Fsp3) is 0.231. The molecule has 6 nitrogen and oxygen atoms in total. The van der Waals surface area contributed by atoms with Gasteiger partial charge in [0, 0.05) is 19.7 Å². The summed E-state index contributed by atoms with van der Waals surface area (Å²) in [6.45, 7) is 0.481. The maximum absolute atomic E-state index is 12.1. The summed E-state index contributed by atoms with van der Waals surface area (Å²) in [4.78, 5) is 13.7. The number of aromatic amines is 1. The number of amides is 1. The fourth-order valence-corrected chi connectivity index (χ4v) is 1.77. The molecular weight excluding hydrogens is 244 g/mol. The summed E-state index contributed by atoms with van der Waals surface area (Å²) < 4.78 is 5.15. The molecule has 0 aliphatic heterocycles. The van der Waals surface area contributed by atoms with Crippen LogP contribution in [0, 0.1) is 0 Å². The van der Waals surface area contributed by atoms with Crippen LogP contribution in [0.3, 0.4) is 0 Å². The fourth-order valence-electron chi connectivity index (χ4n) is 1.77. The minimum atomic E-state index is -0.160. The molecule has 0 atom stereocenters. The first kappa shape index (κ1) is 12.9. The van der Waals surface area contributed by atoms with Crippen LogP contribution < -0.4 is 10.5 Å². The smallest absolute Gasteiger partial charge is 0.271 e. The molecule has 1 amide bonds. The summed E-state index contributed by atoms with van der Waals surface area (Å²) in [5.74, 6) is 0.911. The van der Waals surface area contributed by atoms with Crippen molar-refractivity contribution in [3.8, 4) is 5.75 Å². The monoisotopic (exact) mass is 260 g/mol. The maximum Gasteiger partial charge on any atom is 0.271 e. The zero-order chi connectivity index (χ0) is 13.8. The van der Waals surface area contributed by atoms with E-state index in [-0.39, 0.29) is 5.91 Å². The van der Waals surface area contributed by atoms with Gasteiger partial charge in [-0.1, -0.05) is 12.1 Å². The van der Waals surface area contributed by atoms with Gasteiger partial charge in [-0.2, -0.15) is 5.10 Å². The predicted octanol–water partition coefficient (Wildman–Crippen LogP) is 1.27. The van der Waals surface area contributed by atoms with Gasteiger partial charge in [0.2, 0.25) is 0 Å². The summed E-state index contributed by atoms with van der Waals surface area (Å²) in [6, 6.07) is 9.10. The number of nitrogens with zero attached hydrogens (tertiary/aromatic N) is 2. The molecule has 19 heavy (non-hydrogen) atoms. The Hall–Kier alpha value is -2.50. The summed E-state index contributed by atoms with van der Waals surface area (Å²) in [5.41, 5.74) is 6.84. The third kappa shape index (κ3) is 3.04. The molecule has 0 fully saturated rings. The molecule has 0 unspecified atom stereocenters. The first-order valence-electron chi connectivity index (χ1n) is 5.79. The third-order valence-electron chi connectivity index (χ3n) is 2.73. The molecule has 2 rings (SSSR count). The molecule has 0 saturated heterocycles. The summed E-state index contributed by atoms with van der Waals surface area (Å²) in [5, 5.41) is 6.34. The number of H-pyrrole nitrogens is 1. The number of anilines is 1. The van der Waals surface area contributed by atoms with Crippen LogP contribution in [0.15, 0.2) is 30.3 Å². The SMILES string of the molecule is COc1cccc(CN(C)C(=O)c2cc(N)n[nH]2)c1. The highest BCUT2D eigenvalue weighted by Gasteiger charge is 2.14. The lowest BCUT2D eigenvalue weighted by atomic mass is 10.2. The molecule has 6 heteroatoms. The third-order valence-corrected chi connectivity index (χ3v) is 2.73. The molecule has 3 N–H and O–H groups in total. The van der Waals surface area contributed by atoms with Gasteiger partial charge in [-0.25, -0.2) is 0 Å². The highest BCUT2D eigenvalue weighted by atomic mass is 16.5. The van der Waals surface area contributed by atoms with Crippen LogP contribution in [0.1, 0.15) is 16.1 Å². The Morgan fingerprint density at radius 1 is 1.47 bits per heavy atom. The molecule has 1 heterocycles. The number of hydrogen-bond acceptors (Lipinski definition) is 4. The van der Waals surface area contributed by atoms with Crippen molar-refractivity contribution in [1.29, 1.82) is 0 Å². The van der Waals surface area contributed by atoms with Crippen molar-refractivity contribution in [3.63, 3.8) is 0 Å². The number of benzene rings is 1. The van der Waals surface area contributed by atoms with Gasteiger partial charge in [0.15, 0.2) is 0 Å². The van der Waals surface area contributed by atoms with E-state index in [4.69, 9.17) is 10.5 Å². The molecule has 1 aromatic carbocycles. The van der Waals surface area contributed by atoms with E-state index in [9.17, 15) is 4.79 Å². The predicted molar refractivity (Wildman–Crippen MR) is 71.8 cm³/mol. The zero-order valence-corrected chi connectivity index (χ0v) is 10.9. The second kappa shape index (κ2) is 5.43. The first-order valence-corrected chi connectivity index (χ1v) is 5.79. The topological polar surface area (TPSA) is 84.2 Å². The molecule has 0 radical (unpaired) electrons. The molecule has 0 aliphatic rings. The molecule has 1 aromatic heterocycles. The number of nitrogens with two attached hydrogens (primary N) is 1. The number of carbonyl (C=O) groups excluding carboxylic acids is 1. The van der Waals surface area contributed by atoms with E-state index in [0.717, 1.165) is 11.3 Å². The average molecular weight is 260 g/mol. The Morgan fingerprint density at radius 2 is 2.26 bits per heavy atom. The van der Waals surface area contributed by atoms with Gasteiger partial charge in [0.25, 0.3) is 5.91 Å². The van der Waals surface area contributed by atoms with E-state index < -0.39 is 0 Å². The second-order valence-electron chi connectivity index (χ2n) is 4.22. The van der Waals surface area contributed by atoms with Crippen LogP contribution in [0.25, 0.3) is 0 Å². The van der Waals surface area contributed by atoms with E-state index >= 15 is 0 Å². The minimum Gasteiger partial charge on any atom is -0.497 e. The lowest BCUT2D eigenvalue weighted by Crippen LogP contribution is -2.26. The van der Waals surface area contributed by atoms with Gasteiger partial charge in [0.05, 0.1) is 7.11 Å². The van der Waals surface area contributed by atoms with E-state index in [1.165, 1.54) is 6.07 Å². The van der Waals surface area contributed by atoms with Crippen molar-refractivity contribution in [2.24, 2.45) is 0 Å². The average Bonchev–Trinajstić information content (AvgIpc) is 2.84. The van der Waals surface area contributed by atoms with E-state index in [2.05, 4.69) is 10.2 Å². The van der Waals surface area contributed by atoms with Crippen LogP contribution in [0.5, 0.6) is 5.75 Å². The highest BCUT2D eigenvalue weighted by molar-refractivity contribution is 5.92. The van der Waals surface area contributed by atoms with Gasteiger partial charge >= 0.3 is 0 Å². The molecule has 2 aromatic rings. The largest absolute Gasteiger partial charge is 0.497 e. The van der Waals surface area contributed by atoms with Crippen LogP contribution in [0.4, 0.5) is 5.82 Å². The molecule has 100 valence electrons. The van der Waals surface area contributed by atoms with Crippen molar-refractivity contribution < 1.29 is 9.53 Å². The van der Waals surface area contributed by atoms with Crippen molar-refractivity contribution in [2.45, 2.75) is 6.54 Å². The number of hydrogen-bond donors (Lipinski definition) is 2. The van der Waals surface area contributed by atoms with E-state index in [1.807, 2.05) is 24.3 Å². The van der Waals surface area contributed by atoms with Gasteiger partial charge in [-0.15, -0.1) is 0 Å². The molecule has 0 saturated carbocycles. The van der Waals surface area contributed by atoms with Crippen molar-refractivity contribution >= 4 is 11.7 Å². The number of rotatable bonds is 4. The first-order chi connectivity index (χ1) is 9.10. The Kier molecular flexibility index (Phi) is 3.70. The van der Waals surface area contributed by atoms with Gasteiger partial charge in [-0.05, 0) is 17.7 Å². The van der Waals surface area contributed by atoms with Crippen molar-refractivity contribution in [3.05, 3.63) is 41.6 Å². The number of aromatic nitrogens is 2. The summed E-state index contributed by atoms with van der Waals surface area (Å²) in [7, 11) is 3.33. The Labute approximate surface area is 111 Å². The molecular formula is C13H16N4O2. The van der Waals surface area contributed by atoms with Gasteiger partial charge in [-0.3, -0.25) is 9.89 Å². The number of ether oxygens (including phenoxy) is 1. The van der Waals surface area contributed by atoms with Crippen LogP contribution in [0.2, 0.25) is 0 Å². The number of carbonyl (C=O) groups is 1. The van der Waals surface area contributed by atoms with Gasteiger partial charge in [0.1, 0.15) is 17.3 Å². The Morgan fingerprint density at radius 3 is 2.89 bits per heavy atom. The highest BCUT2D eigenvalue weighted by Crippen LogP contribution is 2.15. The zero-order valence-electron chi connectivity index (χ0n) is 10.9. The molecule has 0 bridgehead atoms. The maximum atomic E-state index is 12.1. The van der Waals surface area contributed by atoms with Crippen molar-refractivity contribution in [1.82, 2.24) is 15.1 Å². The van der Waals surface area contributed by atoms with E-state index in [0.29, 0.717) is 18.1 Å². The van der Waals surface area contributed by atoms with Crippen molar-refractivity contribution in [2.75, 3.05) is 19.9 Å². The molecule has 0 spiro atoms. The quantitative estimate of drug-likeness (QED) is 0.867. The summed E-state index contributed by atoms with van der Waals surface area (Å²) in [6.07, 6.45) is 0. The number of nitrogens with one attached hydrogen (secondary N) is 1. The lowest BCUT2D eigenvalue weighted by molar-refractivity contribution is 0.0779. The standard InChI is InChI=1S/C13H16N4O2/c1-17(13(18)11-7-12(14)16-15-11)8-9-4-3-5-10(6-9)19-2/h3-7H,8H2,1-2H3,(H3,14,15,16). The molecule has 0 aliphatic carbocycles. The van der Waals surface area contributed by atoms with Crippen LogP contribution in [-0.2, 0) is 6.54 Å². The van der Waals surface area contributed by atoms with E-state index in [1.54, 1.807) is 19.1 Å². The number of nitrogen functional groups attached to an aromatic ring is 1. The Bertz CT molecular complexity index is 580. The summed E-state index contributed by atoms with van der Waals surface area (Å²) >= 11 is 0. The van der Waals surface area contributed by atoms with Gasteiger partial charge < -0.3 is 15.4 Å². The number of methoxy groups -OCH3 is 1. The normalized spacial score (nSPS) is 10.2.